The molecule has 0 aliphatic heterocycles. The van der Waals surface area contributed by atoms with Gasteiger partial charge >= 0.3 is 5.69 Å². The Morgan fingerprint density at radius 2 is 1.71 bits per heavy atom. The zero-order valence-corrected chi connectivity index (χ0v) is 16.7. The largest absolute Gasteiger partial charge is 0.355 e. The van der Waals surface area contributed by atoms with Crippen LogP contribution in [0.25, 0.3) is 0 Å². The molecule has 1 heterocycles. The van der Waals surface area contributed by atoms with E-state index < -0.39 is 21.4 Å². The van der Waals surface area contributed by atoms with Crippen LogP contribution in [0.5, 0.6) is 0 Å². The SMILES string of the molecule is O=C(NNc1ncnc(Nc2cccc([N+](=O)[O-])c2)c1[N+](=O)[O-])c1ccc(Cl)cc1Cl. The van der Waals surface area contributed by atoms with Crippen molar-refractivity contribution in [3.8, 4) is 0 Å². The summed E-state index contributed by atoms with van der Waals surface area (Å²) in [5.74, 6) is -1.27. The van der Waals surface area contributed by atoms with Gasteiger partial charge in [-0.1, -0.05) is 29.3 Å². The first kappa shape index (κ1) is 21.7. The number of benzene rings is 2. The van der Waals surface area contributed by atoms with Crippen LogP contribution < -0.4 is 16.2 Å². The molecular weight excluding hydrogens is 453 g/mol. The number of nitrogens with zero attached hydrogens (tertiary/aromatic N) is 4. The molecule has 0 fully saturated rings. The minimum atomic E-state index is -0.774. The summed E-state index contributed by atoms with van der Waals surface area (Å²) < 4.78 is 0. The molecule has 158 valence electrons. The van der Waals surface area contributed by atoms with Crippen molar-refractivity contribution in [2.24, 2.45) is 0 Å². The molecule has 0 atom stereocenters. The Morgan fingerprint density at radius 1 is 0.968 bits per heavy atom. The van der Waals surface area contributed by atoms with Gasteiger partial charge in [-0.3, -0.25) is 35.9 Å². The fraction of sp³-hybridized carbons (Fsp3) is 0. The van der Waals surface area contributed by atoms with Gasteiger partial charge in [-0.25, -0.2) is 9.97 Å². The molecule has 1 amide bonds. The average molecular weight is 464 g/mol. The van der Waals surface area contributed by atoms with Crippen LogP contribution in [0.3, 0.4) is 0 Å². The van der Waals surface area contributed by atoms with Crippen LogP contribution in [0.4, 0.5) is 28.7 Å². The van der Waals surface area contributed by atoms with E-state index >= 15 is 0 Å². The highest BCUT2D eigenvalue weighted by atomic mass is 35.5. The first-order chi connectivity index (χ1) is 14.8. The highest BCUT2D eigenvalue weighted by molar-refractivity contribution is 6.36. The fourth-order valence-electron chi connectivity index (χ4n) is 2.43. The number of nitrogens with one attached hydrogen (secondary N) is 3. The van der Waals surface area contributed by atoms with E-state index in [1.807, 2.05) is 0 Å². The van der Waals surface area contributed by atoms with E-state index in [1.54, 1.807) is 0 Å². The maximum absolute atomic E-state index is 12.3. The molecular formula is C17H11Cl2N7O5. The second-order valence-electron chi connectivity index (χ2n) is 5.81. The number of carbonyl (C=O) groups excluding carboxylic acids is 1. The highest BCUT2D eigenvalue weighted by Crippen LogP contribution is 2.31. The van der Waals surface area contributed by atoms with Gasteiger partial charge in [0.1, 0.15) is 6.33 Å². The summed E-state index contributed by atoms with van der Waals surface area (Å²) in [6.07, 6.45) is 1.01. The monoisotopic (exact) mass is 463 g/mol. The number of nitro benzene ring substituents is 1. The number of carbonyl (C=O) groups is 1. The van der Waals surface area contributed by atoms with Gasteiger partial charge in [0.25, 0.3) is 11.6 Å². The van der Waals surface area contributed by atoms with Gasteiger partial charge in [-0.15, -0.1) is 0 Å². The lowest BCUT2D eigenvalue weighted by Crippen LogP contribution is -2.30. The standard InChI is InChI=1S/C17H11Cl2N7O5/c18-9-4-5-12(13(19)6-9)17(27)24-23-16-14(26(30)31)15(20-8-21-16)22-10-2-1-3-11(7-10)25(28)29/h1-8H,(H,24,27)(H2,20,21,22,23). The van der Waals surface area contributed by atoms with Gasteiger partial charge in [0, 0.05) is 22.8 Å². The summed E-state index contributed by atoms with van der Waals surface area (Å²) >= 11 is 11.8. The number of non-ortho nitro benzene ring substituents is 1. The van der Waals surface area contributed by atoms with Gasteiger partial charge in [0.05, 0.1) is 20.4 Å². The van der Waals surface area contributed by atoms with E-state index in [1.165, 1.54) is 42.5 Å². The Kier molecular flexibility index (Phi) is 6.43. The minimum Gasteiger partial charge on any atom is -0.334 e. The lowest BCUT2D eigenvalue weighted by atomic mass is 10.2. The van der Waals surface area contributed by atoms with Gasteiger partial charge in [-0.05, 0) is 24.3 Å². The maximum atomic E-state index is 12.3. The number of amides is 1. The predicted molar refractivity (Wildman–Crippen MR) is 113 cm³/mol. The van der Waals surface area contributed by atoms with Crippen LogP contribution in [-0.2, 0) is 0 Å². The molecule has 1 aromatic heterocycles. The molecule has 0 bridgehead atoms. The van der Waals surface area contributed by atoms with Crippen LogP contribution in [0, 0.1) is 20.2 Å². The second-order valence-corrected chi connectivity index (χ2v) is 6.66. The molecule has 14 heteroatoms. The Hall–Kier alpha value is -4.03. The summed E-state index contributed by atoms with van der Waals surface area (Å²) in [7, 11) is 0. The minimum absolute atomic E-state index is 0.0743. The molecule has 0 saturated heterocycles. The third-order valence-electron chi connectivity index (χ3n) is 3.79. The van der Waals surface area contributed by atoms with Gasteiger partial charge in [-0.2, -0.15) is 0 Å². The number of aromatic nitrogens is 2. The van der Waals surface area contributed by atoms with Crippen molar-refractivity contribution in [1.29, 1.82) is 0 Å². The summed E-state index contributed by atoms with van der Waals surface area (Å²) in [4.78, 5) is 41.0. The van der Waals surface area contributed by atoms with Gasteiger partial charge in [0.15, 0.2) is 0 Å². The van der Waals surface area contributed by atoms with Crippen molar-refractivity contribution in [3.63, 3.8) is 0 Å². The van der Waals surface area contributed by atoms with Crippen molar-refractivity contribution >= 4 is 57.8 Å². The number of rotatable bonds is 7. The second kappa shape index (κ2) is 9.19. The molecule has 0 aliphatic carbocycles. The van der Waals surface area contributed by atoms with Crippen LogP contribution in [0.2, 0.25) is 10.0 Å². The van der Waals surface area contributed by atoms with Crippen molar-refractivity contribution < 1.29 is 14.6 Å². The van der Waals surface area contributed by atoms with Crippen LogP contribution in [0.15, 0.2) is 48.8 Å². The van der Waals surface area contributed by atoms with E-state index in [9.17, 15) is 25.0 Å². The van der Waals surface area contributed by atoms with Crippen molar-refractivity contribution in [3.05, 3.63) is 84.6 Å². The topological polar surface area (TPSA) is 165 Å². The van der Waals surface area contributed by atoms with Crippen LogP contribution in [0.1, 0.15) is 10.4 Å². The lowest BCUT2D eigenvalue weighted by molar-refractivity contribution is -0.384. The van der Waals surface area contributed by atoms with Gasteiger partial charge in [0.2, 0.25) is 11.6 Å². The number of halogens is 2. The molecule has 31 heavy (non-hydrogen) atoms. The van der Waals surface area contributed by atoms with Crippen LogP contribution >= 0.6 is 23.2 Å². The summed E-state index contributed by atoms with van der Waals surface area (Å²) in [5, 5.41) is 25.6. The molecule has 0 unspecified atom stereocenters. The maximum Gasteiger partial charge on any atom is 0.355 e. The molecule has 0 radical (unpaired) electrons. The molecule has 0 aliphatic rings. The summed E-state index contributed by atoms with van der Waals surface area (Å²) in [6, 6.07) is 9.53. The van der Waals surface area contributed by atoms with Crippen molar-refractivity contribution in [2.45, 2.75) is 0 Å². The quantitative estimate of drug-likeness (QED) is 0.345. The molecule has 2 aromatic carbocycles. The van der Waals surface area contributed by atoms with E-state index in [0.717, 1.165) is 6.33 Å². The average Bonchev–Trinajstić information content (AvgIpc) is 2.72. The zero-order valence-electron chi connectivity index (χ0n) is 15.2. The van der Waals surface area contributed by atoms with E-state index in [2.05, 4.69) is 26.1 Å². The number of anilines is 3. The first-order valence-electron chi connectivity index (χ1n) is 8.28. The fourth-order valence-corrected chi connectivity index (χ4v) is 2.92. The summed E-state index contributed by atoms with van der Waals surface area (Å²) in [5.41, 5.74) is 4.07. The molecule has 3 rings (SSSR count). The number of hydrogen-bond donors (Lipinski definition) is 3. The molecule has 3 N–H and O–H groups in total. The lowest BCUT2D eigenvalue weighted by Gasteiger charge is -2.11. The Bertz CT molecular complexity index is 1190. The summed E-state index contributed by atoms with van der Waals surface area (Å²) in [6.45, 7) is 0. The van der Waals surface area contributed by atoms with Gasteiger partial charge < -0.3 is 5.32 Å². The van der Waals surface area contributed by atoms with Crippen LogP contribution in [-0.4, -0.2) is 25.7 Å². The number of hydrogen-bond acceptors (Lipinski definition) is 9. The predicted octanol–water partition coefficient (Wildman–Crippen LogP) is 4.10. The van der Waals surface area contributed by atoms with Crippen molar-refractivity contribution in [2.75, 3.05) is 10.7 Å². The Balaban J connectivity index is 1.85. The zero-order chi connectivity index (χ0) is 22.5. The first-order valence-corrected chi connectivity index (χ1v) is 9.04. The van der Waals surface area contributed by atoms with E-state index in [4.69, 9.17) is 23.2 Å². The third-order valence-corrected chi connectivity index (χ3v) is 4.34. The van der Waals surface area contributed by atoms with E-state index in [0.29, 0.717) is 5.02 Å². The Morgan fingerprint density at radius 3 is 2.39 bits per heavy atom. The molecule has 0 spiro atoms. The molecule has 12 nitrogen and oxygen atoms in total. The highest BCUT2D eigenvalue weighted by Gasteiger charge is 2.24. The molecule has 3 aromatic rings. The molecule has 0 saturated carbocycles. The third kappa shape index (κ3) is 5.12. The normalized spacial score (nSPS) is 10.3. The smallest absolute Gasteiger partial charge is 0.334 e. The number of nitro groups is 2. The van der Waals surface area contributed by atoms with E-state index in [-0.39, 0.29) is 33.6 Å². The van der Waals surface area contributed by atoms with Crippen molar-refractivity contribution in [1.82, 2.24) is 15.4 Å². The Labute approximate surface area is 183 Å². The number of hydrazine groups is 1.